The summed E-state index contributed by atoms with van der Waals surface area (Å²) in [4.78, 5) is 39.2. The van der Waals surface area contributed by atoms with Gasteiger partial charge < -0.3 is 24.2 Å². The van der Waals surface area contributed by atoms with Crippen LogP contribution in [0.5, 0.6) is 5.75 Å². The zero-order valence-electron chi connectivity index (χ0n) is 34.1. The Kier molecular flexibility index (Phi) is 10.1. The van der Waals surface area contributed by atoms with E-state index in [0.717, 1.165) is 19.3 Å². The fourth-order valence-corrected chi connectivity index (χ4v) is 11.6. The van der Waals surface area contributed by atoms with Crippen molar-refractivity contribution in [1.29, 1.82) is 0 Å². The summed E-state index contributed by atoms with van der Waals surface area (Å²) in [6.07, 6.45) is 4.95. The molecule has 1 saturated heterocycles. The van der Waals surface area contributed by atoms with Crippen molar-refractivity contribution in [3.63, 3.8) is 0 Å². The molecule has 0 unspecified atom stereocenters. The number of carbonyl (C=O) groups is 2. The number of aliphatic hydroxyl groups excluding tert-OH is 1. The summed E-state index contributed by atoms with van der Waals surface area (Å²) in [7, 11) is 0. The largest absolute Gasteiger partial charge is 0.514 e. The van der Waals surface area contributed by atoms with Crippen LogP contribution in [0.3, 0.4) is 0 Å². The van der Waals surface area contributed by atoms with Crippen molar-refractivity contribution in [1.82, 2.24) is 4.90 Å². The van der Waals surface area contributed by atoms with Crippen molar-refractivity contribution in [3.8, 4) is 16.9 Å². The summed E-state index contributed by atoms with van der Waals surface area (Å²) in [6.45, 7) is 9.60. The van der Waals surface area contributed by atoms with Crippen LogP contribution in [-0.2, 0) is 15.9 Å². The number of benzene rings is 4. The molecular formula is C49H52N2O8. The lowest BCUT2D eigenvalue weighted by Crippen LogP contribution is -2.56. The molecule has 10 nitrogen and oxygen atoms in total. The van der Waals surface area contributed by atoms with E-state index in [1.807, 2.05) is 29.2 Å². The van der Waals surface area contributed by atoms with Gasteiger partial charge in [-0.05, 0) is 119 Å². The number of ether oxygens (including phenoxy) is 3. The van der Waals surface area contributed by atoms with Gasteiger partial charge in [0.25, 0.3) is 5.69 Å². The molecule has 0 aromatic heterocycles. The molecular weight excluding hydrogens is 745 g/mol. The van der Waals surface area contributed by atoms with Gasteiger partial charge in [-0.2, -0.15) is 0 Å². The molecule has 0 spiro atoms. The Morgan fingerprint density at radius 1 is 0.966 bits per heavy atom. The Hall–Kier alpha value is -5.48. The van der Waals surface area contributed by atoms with Crippen molar-refractivity contribution in [3.05, 3.63) is 140 Å². The monoisotopic (exact) mass is 796 g/mol. The number of piperidine rings is 1. The fourth-order valence-electron chi connectivity index (χ4n) is 11.6. The minimum Gasteiger partial charge on any atom is -0.448 e. The Morgan fingerprint density at radius 2 is 1.66 bits per heavy atom. The van der Waals surface area contributed by atoms with Crippen LogP contribution >= 0.6 is 0 Å². The third-order valence-corrected chi connectivity index (χ3v) is 14.6. The van der Waals surface area contributed by atoms with Gasteiger partial charge in [-0.1, -0.05) is 93.1 Å². The van der Waals surface area contributed by atoms with Gasteiger partial charge in [0.2, 0.25) is 0 Å². The van der Waals surface area contributed by atoms with E-state index in [-0.39, 0.29) is 53.4 Å². The Bertz CT molecular complexity index is 2290. The number of nitrogens with zero attached hydrogens (tertiary/aromatic N) is 2. The van der Waals surface area contributed by atoms with Gasteiger partial charge >= 0.3 is 12.2 Å². The molecule has 306 valence electrons. The highest BCUT2D eigenvalue weighted by molar-refractivity contribution is 5.79. The second-order valence-electron chi connectivity index (χ2n) is 17.9. The first kappa shape index (κ1) is 39.0. The van der Waals surface area contributed by atoms with E-state index in [1.165, 1.54) is 74.3 Å². The lowest BCUT2D eigenvalue weighted by Gasteiger charge is -2.48. The van der Waals surface area contributed by atoms with Crippen LogP contribution in [0.4, 0.5) is 15.3 Å². The molecule has 5 aliphatic rings. The van der Waals surface area contributed by atoms with Crippen LogP contribution < -0.4 is 4.74 Å². The third kappa shape index (κ3) is 6.89. The minimum atomic E-state index is -0.804. The van der Waals surface area contributed by atoms with Gasteiger partial charge in [0.15, 0.2) is 0 Å². The summed E-state index contributed by atoms with van der Waals surface area (Å²) in [5, 5.41) is 22.7. The van der Waals surface area contributed by atoms with Crippen molar-refractivity contribution in [2.45, 2.75) is 102 Å². The zero-order chi connectivity index (χ0) is 41.2. The van der Waals surface area contributed by atoms with Gasteiger partial charge in [-0.3, -0.25) is 10.1 Å². The molecule has 1 amide bonds. The second-order valence-corrected chi connectivity index (χ2v) is 17.9. The first-order valence-electron chi connectivity index (χ1n) is 21.2. The minimum absolute atomic E-state index is 0.0396. The molecule has 4 aliphatic carbocycles. The Balaban J connectivity index is 0.882. The topological polar surface area (TPSA) is 128 Å². The molecule has 4 aromatic rings. The van der Waals surface area contributed by atoms with Gasteiger partial charge in [-0.25, -0.2) is 9.59 Å². The highest BCUT2D eigenvalue weighted by Gasteiger charge is 2.51. The highest BCUT2D eigenvalue weighted by Crippen LogP contribution is 2.60. The van der Waals surface area contributed by atoms with E-state index in [4.69, 9.17) is 14.2 Å². The molecule has 1 aliphatic heterocycles. The van der Waals surface area contributed by atoms with Gasteiger partial charge in [-0.15, -0.1) is 0 Å². The number of hydrogen-bond donors (Lipinski definition) is 1. The Morgan fingerprint density at radius 3 is 2.36 bits per heavy atom. The van der Waals surface area contributed by atoms with Crippen LogP contribution in [0.25, 0.3) is 11.1 Å². The summed E-state index contributed by atoms with van der Waals surface area (Å²) < 4.78 is 17.3. The summed E-state index contributed by atoms with van der Waals surface area (Å²) >= 11 is 0. The maximum absolute atomic E-state index is 14.2. The second kappa shape index (κ2) is 15.3. The van der Waals surface area contributed by atoms with E-state index in [0.29, 0.717) is 37.6 Å². The molecule has 1 heterocycles. The molecule has 8 atom stereocenters. The van der Waals surface area contributed by atoms with E-state index in [9.17, 15) is 24.8 Å². The van der Waals surface area contributed by atoms with Crippen molar-refractivity contribution >= 4 is 17.9 Å². The molecule has 2 fully saturated rings. The molecule has 4 aromatic carbocycles. The van der Waals surface area contributed by atoms with E-state index >= 15 is 0 Å². The fraction of sp³-hybridized carbons (Fsp3) is 0.429. The normalized spacial score (nSPS) is 27.3. The smallest absolute Gasteiger partial charge is 0.448 e. The summed E-state index contributed by atoms with van der Waals surface area (Å²) in [6, 6.07) is 26.2. The number of rotatable bonds is 7. The number of aliphatic hydroxyl groups is 1. The van der Waals surface area contributed by atoms with E-state index in [2.05, 4.69) is 70.2 Å². The standard InChI is InChI=1S/C49H52N2O8/c1-28-23-45(52)46(50(26-28)47(53)57-27-43-38-11-7-5-9-36(38)37-10-6-8-12-39(37)43)30(3)35-19-20-40-41-18-13-31-24-34(21-22-49(31,4)44(41)25-42(40)29(35)2)59-48(54)58-33-16-14-32(15-17-33)51(55)56/h5-17,19-20,28,30,34,41,43-46,52H,18,21-27H2,1-4H3/t28-,30-,34-,41-,44-,45+,46-,49-/m0/s1. The van der Waals surface area contributed by atoms with Gasteiger partial charge in [0.05, 0.1) is 17.1 Å². The lowest BCUT2D eigenvalue weighted by molar-refractivity contribution is -0.384. The predicted molar refractivity (Wildman–Crippen MR) is 224 cm³/mol. The number of likely N-dealkylation sites (tertiary alicyclic amines) is 1. The molecule has 1 saturated carbocycles. The van der Waals surface area contributed by atoms with Crippen LogP contribution in [0.1, 0.15) is 104 Å². The number of hydrogen-bond acceptors (Lipinski definition) is 8. The quantitative estimate of drug-likeness (QED) is 0.0644. The molecule has 0 bridgehead atoms. The third-order valence-electron chi connectivity index (χ3n) is 14.6. The number of amides is 1. The SMILES string of the molecule is Cc1c([C@H](C)[C@H]2[C@H](O)C[C@H](C)CN2C(=O)OCC2c3ccccc3-c3ccccc32)ccc2c1C[C@H]1[C@H]2CC=C2C[C@@H](OC(=O)Oc3ccc([N+](=O)[O-])cc3)CC[C@@]21C. The number of fused-ring (bicyclic) bond motifs is 8. The highest BCUT2D eigenvalue weighted by atomic mass is 16.7. The van der Waals surface area contributed by atoms with Gasteiger partial charge in [0.1, 0.15) is 18.5 Å². The van der Waals surface area contributed by atoms with Crippen LogP contribution in [0, 0.1) is 34.3 Å². The van der Waals surface area contributed by atoms with Crippen molar-refractivity contribution in [2.24, 2.45) is 17.3 Å². The molecule has 59 heavy (non-hydrogen) atoms. The van der Waals surface area contributed by atoms with Crippen LogP contribution in [0.15, 0.2) is 96.6 Å². The van der Waals surface area contributed by atoms with Crippen molar-refractivity contribution < 1.29 is 33.8 Å². The molecule has 0 radical (unpaired) electrons. The number of carbonyl (C=O) groups excluding carboxylic acids is 2. The number of nitro groups is 1. The average molecular weight is 797 g/mol. The summed E-state index contributed by atoms with van der Waals surface area (Å²) in [5.41, 5.74) is 11.1. The molecule has 10 heteroatoms. The Labute approximate surface area is 345 Å². The molecule has 1 N–H and O–H groups in total. The number of non-ortho nitro benzene ring substituents is 1. The van der Waals surface area contributed by atoms with Crippen LogP contribution in [0.2, 0.25) is 0 Å². The maximum atomic E-state index is 14.2. The predicted octanol–water partition coefficient (Wildman–Crippen LogP) is 10.4. The van der Waals surface area contributed by atoms with Gasteiger partial charge in [0, 0.05) is 36.9 Å². The van der Waals surface area contributed by atoms with Crippen LogP contribution in [-0.4, -0.2) is 58.6 Å². The first-order valence-corrected chi connectivity index (χ1v) is 21.2. The molecule has 9 rings (SSSR count). The van der Waals surface area contributed by atoms with Crippen molar-refractivity contribution in [2.75, 3.05) is 13.2 Å². The number of nitro benzene ring substituents is 1. The zero-order valence-corrected chi connectivity index (χ0v) is 34.1. The van der Waals surface area contributed by atoms with E-state index in [1.54, 1.807) is 0 Å². The number of allylic oxidation sites excluding steroid dienone is 1. The average Bonchev–Trinajstić information content (AvgIpc) is 3.77. The van der Waals surface area contributed by atoms with E-state index < -0.39 is 23.2 Å². The first-order chi connectivity index (χ1) is 28.4. The summed E-state index contributed by atoms with van der Waals surface area (Å²) in [5.74, 6) is 0.988. The maximum Gasteiger partial charge on any atom is 0.514 e. The lowest BCUT2D eigenvalue weighted by atomic mass is 9.57.